The number of nitrogens with zero attached hydrogens (tertiary/aromatic N) is 1. The average Bonchev–Trinajstić information content (AvgIpc) is 2.56. The number of hydrogen-bond acceptors (Lipinski definition) is 5. The van der Waals surface area contributed by atoms with Gasteiger partial charge in [-0.3, -0.25) is 9.59 Å². The molecule has 1 N–H and O–H groups in total. The summed E-state index contributed by atoms with van der Waals surface area (Å²) in [5, 5.41) is 3.12. The number of carbonyl (C=O) groups is 2. The van der Waals surface area contributed by atoms with Crippen molar-refractivity contribution in [1.29, 1.82) is 0 Å². The zero-order chi connectivity index (χ0) is 16.8. The second kappa shape index (κ2) is 7.78. The van der Waals surface area contributed by atoms with Crippen molar-refractivity contribution in [3.8, 4) is 0 Å². The molecule has 120 valence electrons. The van der Waals surface area contributed by atoms with Gasteiger partial charge < -0.3 is 10.1 Å². The normalized spacial score (nSPS) is 10.2. The van der Waals surface area contributed by atoms with E-state index in [-0.39, 0.29) is 12.5 Å². The fourth-order valence-corrected chi connectivity index (χ4v) is 2.83. The summed E-state index contributed by atoms with van der Waals surface area (Å²) in [6.45, 7) is 3.93. The summed E-state index contributed by atoms with van der Waals surface area (Å²) < 4.78 is 4.51. The number of aromatic nitrogens is 1. The molecule has 5 nitrogen and oxygen atoms in total. The third kappa shape index (κ3) is 4.56. The Morgan fingerprint density at radius 3 is 2.70 bits per heavy atom. The van der Waals surface area contributed by atoms with E-state index in [1.165, 1.54) is 30.0 Å². The van der Waals surface area contributed by atoms with Crippen molar-refractivity contribution in [2.24, 2.45) is 0 Å². The van der Waals surface area contributed by atoms with Gasteiger partial charge in [0.25, 0.3) is 5.91 Å². The SMILES string of the molecule is COC(=O)CNC(=O)c1cccnc1Sc1ccc(C)c(C)c1. The Hall–Kier alpha value is -2.34. The summed E-state index contributed by atoms with van der Waals surface area (Å²) in [7, 11) is 1.28. The number of methoxy groups -OCH3 is 1. The molecule has 1 aromatic heterocycles. The summed E-state index contributed by atoms with van der Waals surface area (Å²) in [5.74, 6) is -0.847. The Morgan fingerprint density at radius 1 is 1.22 bits per heavy atom. The molecule has 0 spiro atoms. The molecule has 0 fully saturated rings. The molecule has 0 bridgehead atoms. The van der Waals surface area contributed by atoms with Crippen LogP contribution in [0.5, 0.6) is 0 Å². The number of ether oxygens (including phenoxy) is 1. The van der Waals surface area contributed by atoms with Crippen LogP contribution in [0, 0.1) is 13.8 Å². The highest BCUT2D eigenvalue weighted by Crippen LogP contribution is 2.29. The molecular weight excluding hydrogens is 312 g/mol. The van der Waals surface area contributed by atoms with Crippen LogP contribution >= 0.6 is 11.8 Å². The van der Waals surface area contributed by atoms with E-state index >= 15 is 0 Å². The quantitative estimate of drug-likeness (QED) is 0.854. The summed E-state index contributed by atoms with van der Waals surface area (Å²) in [4.78, 5) is 28.6. The molecule has 0 atom stereocenters. The highest BCUT2D eigenvalue weighted by molar-refractivity contribution is 7.99. The number of hydrogen-bond donors (Lipinski definition) is 1. The van der Waals surface area contributed by atoms with Crippen LogP contribution in [0.2, 0.25) is 0 Å². The standard InChI is InChI=1S/C17H18N2O3S/c1-11-6-7-13(9-12(11)2)23-17-14(5-4-8-18-17)16(21)19-10-15(20)22-3/h4-9H,10H2,1-3H3,(H,19,21). The van der Waals surface area contributed by atoms with Crippen LogP contribution < -0.4 is 5.32 Å². The topological polar surface area (TPSA) is 68.3 Å². The van der Waals surface area contributed by atoms with E-state index in [2.05, 4.69) is 28.0 Å². The summed E-state index contributed by atoms with van der Waals surface area (Å²) in [6, 6.07) is 9.47. The van der Waals surface area contributed by atoms with E-state index < -0.39 is 5.97 Å². The van der Waals surface area contributed by atoms with Crippen molar-refractivity contribution in [2.75, 3.05) is 13.7 Å². The van der Waals surface area contributed by atoms with Gasteiger partial charge in [-0.2, -0.15) is 0 Å². The number of benzene rings is 1. The number of esters is 1. The Balaban J connectivity index is 2.18. The minimum Gasteiger partial charge on any atom is -0.468 e. The molecule has 1 aromatic carbocycles. The van der Waals surface area contributed by atoms with Crippen LogP contribution in [-0.2, 0) is 9.53 Å². The van der Waals surface area contributed by atoms with Crippen molar-refractivity contribution in [1.82, 2.24) is 10.3 Å². The molecule has 2 rings (SSSR count). The monoisotopic (exact) mass is 330 g/mol. The fourth-order valence-electron chi connectivity index (χ4n) is 1.85. The lowest BCUT2D eigenvalue weighted by molar-refractivity contribution is -0.139. The molecular formula is C17H18N2O3S. The molecule has 0 unspecified atom stereocenters. The van der Waals surface area contributed by atoms with E-state index in [4.69, 9.17) is 0 Å². The first-order valence-electron chi connectivity index (χ1n) is 7.06. The van der Waals surface area contributed by atoms with Gasteiger partial charge in [0.2, 0.25) is 0 Å². The van der Waals surface area contributed by atoms with Crippen LogP contribution in [0.1, 0.15) is 21.5 Å². The maximum absolute atomic E-state index is 12.2. The lowest BCUT2D eigenvalue weighted by Crippen LogP contribution is -2.30. The zero-order valence-electron chi connectivity index (χ0n) is 13.3. The van der Waals surface area contributed by atoms with Gasteiger partial charge in [-0.1, -0.05) is 17.8 Å². The molecule has 1 amide bonds. The minimum absolute atomic E-state index is 0.169. The molecule has 0 radical (unpaired) electrons. The largest absolute Gasteiger partial charge is 0.468 e. The zero-order valence-corrected chi connectivity index (χ0v) is 14.1. The van der Waals surface area contributed by atoms with Gasteiger partial charge in [-0.05, 0) is 49.2 Å². The van der Waals surface area contributed by atoms with E-state index in [1.807, 2.05) is 19.1 Å². The van der Waals surface area contributed by atoms with Crippen LogP contribution in [0.4, 0.5) is 0 Å². The Labute approximate surface area is 139 Å². The van der Waals surface area contributed by atoms with Gasteiger partial charge in [0.1, 0.15) is 11.6 Å². The molecule has 0 aliphatic heterocycles. The molecule has 0 aliphatic rings. The lowest BCUT2D eigenvalue weighted by atomic mass is 10.1. The van der Waals surface area contributed by atoms with E-state index in [0.29, 0.717) is 10.6 Å². The number of carbonyl (C=O) groups excluding carboxylic acids is 2. The first-order chi connectivity index (χ1) is 11.0. The predicted molar refractivity (Wildman–Crippen MR) is 88.6 cm³/mol. The van der Waals surface area contributed by atoms with Crippen LogP contribution in [-0.4, -0.2) is 30.5 Å². The Bertz CT molecular complexity index is 732. The van der Waals surface area contributed by atoms with Crippen molar-refractivity contribution >= 4 is 23.6 Å². The van der Waals surface area contributed by atoms with Crippen molar-refractivity contribution in [3.63, 3.8) is 0 Å². The molecule has 0 saturated heterocycles. The number of aryl methyl sites for hydroxylation is 2. The number of pyridine rings is 1. The molecule has 23 heavy (non-hydrogen) atoms. The highest BCUT2D eigenvalue weighted by atomic mass is 32.2. The van der Waals surface area contributed by atoms with Crippen molar-refractivity contribution in [2.45, 2.75) is 23.8 Å². The van der Waals surface area contributed by atoms with Crippen LogP contribution in [0.15, 0.2) is 46.5 Å². The minimum atomic E-state index is -0.495. The van der Waals surface area contributed by atoms with Gasteiger partial charge in [-0.25, -0.2) is 4.98 Å². The second-order valence-corrected chi connectivity index (χ2v) is 6.03. The third-order valence-corrected chi connectivity index (χ3v) is 4.34. The highest BCUT2D eigenvalue weighted by Gasteiger charge is 2.14. The molecule has 0 saturated carbocycles. The summed E-state index contributed by atoms with van der Waals surface area (Å²) >= 11 is 1.42. The number of amides is 1. The first kappa shape index (κ1) is 17.0. The Kier molecular flexibility index (Phi) is 5.76. The van der Waals surface area contributed by atoms with Crippen LogP contribution in [0.25, 0.3) is 0 Å². The maximum atomic E-state index is 12.2. The summed E-state index contributed by atoms with van der Waals surface area (Å²) in [6.07, 6.45) is 1.64. The second-order valence-electron chi connectivity index (χ2n) is 4.96. The predicted octanol–water partition coefficient (Wildman–Crippen LogP) is 2.75. The maximum Gasteiger partial charge on any atom is 0.325 e. The van der Waals surface area contributed by atoms with Crippen LogP contribution in [0.3, 0.4) is 0 Å². The van der Waals surface area contributed by atoms with Gasteiger partial charge in [-0.15, -0.1) is 0 Å². The first-order valence-corrected chi connectivity index (χ1v) is 7.88. The van der Waals surface area contributed by atoms with Gasteiger partial charge in [0.15, 0.2) is 0 Å². The fraction of sp³-hybridized carbons (Fsp3) is 0.235. The van der Waals surface area contributed by atoms with Gasteiger partial charge >= 0.3 is 5.97 Å². The molecule has 2 aromatic rings. The van der Waals surface area contributed by atoms with E-state index in [0.717, 1.165) is 4.90 Å². The van der Waals surface area contributed by atoms with Crippen molar-refractivity contribution < 1.29 is 14.3 Å². The third-order valence-electron chi connectivity index (χ3n) is 3.33. The van der Waals surface area contributed by atoms with Gasteiger partial charge in [0, 0.05) is 11.1 Å². The molecule has 6 heteroatoms. The smallest absolute Gasteiger partial charge is 0.325 e. The van der Waals surface area contributed by atoms with Gasteiger partial charge in [0.05, 0.1) is 12.7 Å². The molecule has 0 aliphatic carbocycles. The van der Waals surface area contributed by atoms with Crippen molar-refractivity contribution in [3.05, 3.63) is 53.2 Å². The van der Waals surface area contributed by atoms with E-state index in [1.54, 1.807) is 18.3 Å². The Morgan fingerprint density at radius 2 is 2.00 bits per heavy atom. The summed E-state index contributed by atoms with van der Waals surface area (Å²) in [5.41, 5.74) is 2.83. The van der Waals surface area contributed by atoms with E-state index in [9.17, 15) is 9.59 Å². The average molecular weight is 330 g/mol. The number of nitrogens with one attached hydrogen (secondary N) is 1. The number of rotatable bonds is 5. The molecule has 1 heterocycles. The lowest BCUT2D eigenvalue weighted by Gasteiger charge is -2.09.